The van der Waals surface area contributed by atoms with E-state index in [0.717, 1.165) is 38.5 Å². The van der Waals surface area contributed by atoms with Crippen LogP contribution in [-0.2, 0) is 25.7 Å². The molecule has 0 bridgehead atoms. The van der Waals surface area contributed by atoms with Gasteiger partial charge in [0, 0.05) is 13.0 Å². The molecule has 328 valence electrons. The molecule has 0 aromatic heterocycles. The van der Waals surface area contributed by atoms with Crippen LogP contribution in [0.2, 0.25) is 0 Å². The molecule has 11 heteroatoms. The molecule has 1 heterocycles. The van der Waals surface area contributed by atoms with E-state index >= 15 is 0 Å². The van der Waals surface area contributed by atoms with Crippen LogP contribution in [0.1, 0.15) is 186 Å². The van der Waals surface area contributed by atoms with Crippen molar-refractivity contribution in [3.05, 3.63) is 35.9 Å². The number of hydrogen-bond donors (Lipinski definition) is 4. The molecule has 1 aromatic rings. The molecule has 0 saturated carbocycles. The summed E-state index contributed by atoms with van der Waals surface area (Å²) in [6, 6.07) is 7.44. The number of carbonyl (C=O) groups is 3. The zero-order valence-corrected chi connectivity index (χ0v) is 35.8. The topological polar surface area (TPSA) is 163 Å². The van der Waals surface area contributed by atoms with Crippen LogP contribution in [-0.4, -0.2) is 93.3 Å². The summed E-state index contributed by atoms with van der Waals surface area (Å²) in [6.45, 7) is 3.38. The Morgan fingerprint density at radius 3 is 1.56 bits per heavy atom. The Bertz CT molecular complexity index is 1170. The van der Waals surface area contributed by atoms with Gasteiger partial charge in [0.2, 0.25) is 11.8 Å². The van der Waals surface area contributed by atoms with Gasteiger partial charge in [-0.15, -0.1) is 0 Å². The second kappa shape index (κ2) is 32.3. The van der Waals surface area contributed by atoms with Crippen molar-refractivity contribution < 1.29 is 39.2 Å². The molecule has 0 radical (unpaired) electrons. The molecular weight excluding hydrogens is 723 g/mol. The van der Waals surface area contributed by atoms with E-state index in [1.54, 1.807) is 24.3 Å². The lowest BCUT2D eigenvalue weighted by molar-refractivity contribution is -0.244. The van der Waals surface area contributed by atoms with Gasteiger partial charge in [0.1, 0.15) is 31.0 Å². The molecule has 57 heavy (non-hydrogen) atoms. The van der Waals surface area contributed by atoms with Crippen LogP contribution in [0.15, 0.2) is 30.3 Å². The number of nitrogens with two attached hydrogens (primary N) is 1. The van der Waals surface area contributed by atoms with Gasteiger partial charge in [-0.05, 0) is 18.4 Å². The maximum atomic E-state index is 14.1. The van der Waals surface area contributed by atoms with Crippen molar-refractivity contribution in [1.29, 1.82) is 0 Å². The fourth-order valence-corrected chi connectivity index (χ4v) is 7.85. The Labute approximate surface area is 345 Å². The van der Waals surface area contributed by atoms with Gasteiger partial charge in [-0.1, -0.05) is 192 Å². The summed E-state index contributed by atoms with van der Waals surface area (Å²) < 4.78 is 11.7. The molecule has 0 spiro atoms. The Kier molecular flexibility index (Phi) is 28.7. The van der Waals surface area contributed by atoms with E-state index < -0.39 is 55.7 Å². The standard InChI is InChI=1S/C46H81N3O8/c1-3-5-7-9-11-13-15-16-17-19-21-23-25-30-34-48(40(51)33-29-24-22-20-18-14-12-10-8-6-4-2)45-42(44(54)43(53)39(36-50)57-45)49(41(52)35-47)46(55)56-37-38-31-27-26-28-32-38/h26-28,31-32,39,42-45,50,53-54H,3-25,29-30,33-37,47H2,1-2H3/t39-,42-,43-,44-,45-/m1/s1. The average molecular weight is 804 g/mol. The second-order valence-corrected chi connectivity index (χ2v) is 16.2. The molecule has 1 aliphatic rings. The summed E-state index contributed by atoms with van der Waals surface area (Å²) in [4.78, 5) is 43.4. The van der Waals surface area contributed by atoms with Gasteiger partial charge < -0.3 is 35.4 Å². The van der Waals surface area contributed by atoms with Gasteiger partial charge in [0.25, 0.3) is 0 Å². The summed E-state index contributed by atoms with van der Waals surface area (Å²) in [7, 11) is 0. The van der Waals surface area contributed by atoms with Crippen LogP contribution < -0.4 is 5.73 Å². The third-order valence-corrected chi connectivity index (χ3v) is 11.4. The Morgan fingerprint density at radius 2 is 1.11 bits per heavy atom. The van der Waals surface area contributed by atoms with E-state index in [0.29, 0.717) is 23.3 Å². The third kappa shape index (κ3) is 20.3. The Hall–Kier alpha value is -2.57. The summed E-state index contributed by atoms with van der Waals surface area (Å²) in [5.74, 6) is -1.08. The minimum absolute atomic E-state index is 0.148. The van der Waals surface area contributed by atoms with Crippen molar-refractivity contribution >= 4 is 17.9 Å². The van der Waals surface area contributed by atoms with Gasteiger partial charge in [-0.25, -0.2) is 9.69 Å². The number of aliphatic hydroxyl groups excluding tert-OH is 3. The molecule has 5 N–H and O–H groups in total. The lowest BCUT2D eigenvalue weighted by atomic mass is 9.93. The first-order valence-electron chi connectivity index (χ1n) is 22.9. The zero-order valence-electron chi connectivity index (χ0n) is 35.8. The average Bonchev–Trinajstić information content (AvgIpc) is 3.22. The van der Waals surface area contributed by atoms with Crippen molar-refractivity contribution in [3.63, 3.8) is 0 Å². The fourth-order valence-electron chi connectivity index (χ4n) is 7.85. The first-order valence-corrected chi connectivity index (χ1v) is 22.9. The predicted molar refractivity (Wildman–Crippen MR) is 227 cm³/mol. The predicted octanol–water partition coefficient (Wildman–Crippen LogP) is 8.93. The van der Waals surface area contributed by atoms with Crippen molar-refractivity contribution in [2.24, 2.45) is 5.73 Å². The number of carbonyl (C=O) groups excluding carboxylic acids is 3. The highest BCUT2D eigenvalue weighted by atomic mass is 16.6. The van der Waals surface area contributed by atoms with Gasteiger partial charge in [-0.2, -0.15) is 0 Å². The first kappa shape index (κ1) is 50.6. The summed E-state index contributed by atoms with van der Waals surface area (Å²) in [5, 5.41) is 32.7. The molecule has 1 saturated heterocycles. The van der Waals surface area contributed by atoms with Crippen LogP contribution in [0.5, 0.6) is 0 Å². The van der Waals surface area contributed by atoms with E-state index in [1.807, 2.05) is 6.07 Å². The molecule has 11 nitrogen and oxygen atoms in total. The number of rotatable bonds is 33. The molecule has 1 fully saturated rings. The number of nitrogens with zero attached hydrogens (tertiary/aromatic N) is 2. The highest BCUT2D eigenvalue weighted by Crippen LogP contribution is 2.30. The van der Waals surface area contributed by atoms with E-state index in [9.17, 15) is 29.7 Å². The van der Waals surface area contributed by atoms with Crippen molar-refractivity contribution in [3.8, 4) is 0 Å². The number of amides is 3. The minimum Gasteiger partial charge on any atom is -0.444 e. The summed E-state index contributed by atoms with van der Waals surface area (Å²) in [5.41, 5.74) is 6.47. The van der Waals surface area contributed by atoms with Crippen LogP contribution in [0.4, 0.5) is 4.79 Å². The van der Waals surface area contributed by atoms with Crippen LogP contribution >= 0.6 is 0 Å². The maximum Gasteiger partial charge on any atom is 0.417 e. The van der Waals surface area contributed by atoms with Crippen molar-refractivity contribution in [1.82, 2.24) is 9.80 Å². The molecule has 2 rings (SSSR count). The van der Waals surface area contributed by atoms with Gasteiger partial charge in [-0.3, -0.25) is 9.59 Å². The lowest BCUT2D eigenvalue weighted by Gasteiger charge is -2.49. The molecule has 1 aromatic carbocycles. The molecule has 3 amide bonds. The number of ether oxygens (including phenoxy) is 2. The van der Waals surface area contributed by atoms with Crippen LogP contribution in [0.3, 0.4) is 0 Å². The second-order valence-electron chi connectivity index (χ2n) is 16.2. The SMILES string of the molecule is CCCCCCCCCCCCCCCCN(C(=O)CCCCCCCCCCCCC)[C@@H]1O[C@H](CO)[C@@H](O)[C@H](O)[C@H]1N(C(=O)CN)C(=O)OCc1ccccc1. The number of imide groups is 1. The number of unbranched alkanes of at least 4 members (excludes halogenated alkanes) is 23. The summed E-state index contributed by atoms with van der Waals surface area (Å²) in [6.07, 6.45) is 22.3. The zero-order chi connectivity index (χ0) is 41.5. The molecule has 5 atom stereocenters. The summed E-state index contributed by atoms with van der Waals surface area (Å²) >= 11 is 0. The quantitative estimate of drug-likeness (QED) is 0.0508. The fraction of sp³-hybridized carbons (Fsp3) is 0.804. The third-order valence-electron chi connectivity index (χ3n) is 11.4. The normalized spacial score (nSPS) is 19.4. The highest BCUT2D eigenvalue weighted by molar-refractivity contribution is 5.93. The molecule has 0 aliphatic carbocycles. The Balaban J connectivity index is 2.11. The van der Waals surface area contributed by atoms with Gasteiger partial charge >= 0.3 is 6.09 Å². The van der Waals surface area contributed by atoms with Gasteiger partial charge in [0.15, 0.2) is 6.23 Å². The van der Waals surface area contributed by atoms with Gasteiger partial charge in [0.05, 0.1) is 13.2 Å². The van der Waals surface area contributed by atoms with E-state index in [2.05, 4.69) is 13.8 Å². The largest absolute Gasteiger partial charge is 0.444 e. The number of aliphatic hydroxyl groups is 3. The van der Waals surface area contributed by atoms with Crippen LogP contribution in [0, 0.1) is 0 Å². The highest BCUT2D eigenvalue weighted by Gasteiger charge is 2.53. The maximum absolute atomic E-state index is 14.1. The van der Waals surface area contributed by atoms with E-state index in [4.69, 9.17) is 15.2 Å². The minimum atomic E-state index is -1.74. The van der Waals surface area contributed by atoms with Crippen molar-refractivity contribution in [2.75, 3.05) is 19.7 Å². The lowest BCUT2D eigenvalue weighted by Crippen LogP contribution is -2.70. The van der Waals surface area contributed by atoms with Crippen molar-refractivity contribution in [2.45, 2.75) is 218 Å². The Morgan fingerprint density at radius 1 is 0.649 bits per heavy atom. The monoisotopic (exact) mass is 804 g/mol. The molecule has 1 aliphatic heterocycles. The smallest absolute Gasteiger partial charge is 0.417 e. The first-order chi connectivity index (χ1) is 27.8. The van der Waals surface area contributed by atoms with E-state index in [1.165, 1.54) is 114 Å². The molecular formula is C46H81N3O8. The number of benzene rings is 1. The van der Waals surface area contributed by atoms with Crippen LogP contribution in [0.25, 0.3) is 0 Å². The molecule has 0 unspecified atom stereocenters. The number of hydrogen-bond acceptors (Lipinski definition) is 9. The van der Waals surface area contributed by atoms with E-state index in [-0.39, 0.29) is 25.5 Å².